The maximum absolute atomic E-state index is 12.3. The van der Waals surface area contributed by atoms with Crippen LogP contribution < -0.4 is 4.74 Å². The molecule has 3 heteroatoms. The molecule has 1 spiro atoms. The molecule has 0 unspecified atom stereocenters. The van der Waals surface area contributed by atoms with E-state index >= 15 is 0 Å². The first kappa shape index (κ1) is 15.5. The fourth-order valence-electron chi connectivity index (χ4n) is 4.58. The van der Waals surface area contributed by atoms with Crippen LogP contribution >= 0.6 is 0 Å². The molecule has 0 atom stereocenters. The Labute approximate surface area is 161 Å². The minimum absolute atomic E-state index is 0.322. The second-order valence-corrected chi connectivity index (χ2v) is 7.36. The molecular weight excluding hydrogens is 348 g/mol. The topological polar surface area (TPSA) is 35.5 Å². The van der Waals surface area contributed by atoms with Gasteiger partial charge in [-0.05, 0) is 35.4 Å². The fraction of sp³-hybridized carbons (Fsp3) is 0.0800. The van der Waals surface area contributed by atoms with Crippen LogP contribution in [0.25, 0.3) is 21.5 Å². The van der Waals surface area contributed by atoms with Gasteiger partial charge in [0.2, 0.25) is 0 Å². The van der Waals surface area contributed by atoms with Crippen LogP contribution in [-0.2, 0) is 15.1 Å². The summed E-state index contributed by atoms with van der Waals surface area (Å²) in [5.41, 5.74) is 1.66. The highest BCUT2D eigenvalue weighted by Gasteiger charge is 2.51. The minimum Gasteiger partial charge on any atom is -0.455 e. The van der Waals surface area contributed by atoms with E-state index in [2.05, 4.69) is 24.3 Å². The second kappa shape index (κ2) is 5.23. The highest BCUT2D eigenvalue weighted by Crippen LogP contribution is 2.57. The molecule has 4 aromatic rings. The Morgan fingerprint density at radius 3 is 1.75 bits per heavy atom. The van der Waals surface area contributed by atoms with Gasteiger partial charge in [0.25, 0.3) is 0 Å². The van der Waals surface area contributed by atoms with Crippen molar-refractivity contribution in [3.63, 3.8) is 0 Å². The molecule has 6 rings (SSSR count). The van der Waals surface area contributed by atoms with Crippen LogP contribution in [0.2, 0.25) is 0 Å². The Kier molecular flexibility index (Phi) is 2.89. The lowest BCUT2D eigenvalue weighted by atomic mass is 9.77. The van der Waals surface area contributed by atoms with Gasteiger partial charge in [-0.1, -0.05) is 60.7 Å². The van der Waals surface area contributed by atoms with Gasteiger partial charge in [0.1, 0.15) is 11.5 Å². The molecule has 0 aromatic heterocycles. The number of rotatable bonds is 0. The molecule has 28 heavy (non-hydrogen) atoms. The Bertz CT molecular complexity index is 1260. The fourth-order valence-corrected chi connectivity index (χ4v) is 4.58. The summed E-state index contributed by atoms with van der Waals surface area (Å²) < 4.78 is 12.6. The quantitative estimate of drug-likeness (QED) is 0.367. The molecule has 0 saturated carbocycles. The van der Waals surface area contributed by atoms with E-state index in [9.17, 15) is 4.79 Å². The zero-order valence-corrected chi connectivity index (χ0v) is 15.2. The first-order chi connectivity index (χ1) is 13.7. The predicted octanol–water partition coefficient (Wildman–Crippen LogP) is 5.85. The van der Waals surface area contributed by atoms with Gasteiger partial charge in [-0.15, -0.1) is 0 Å². The Hall–Kier alpha value is -3.59. The first-order valence-corrected chi connectivity index (χ1v) is 9.32. The van der Waals surface area contributed by atoms with Gasteiger partial charge in [-0.25, -0.2) is 4.79 Å². The van der Waals surface area contributed by atoms with E-state index in [1.165, 1.54) is 0 Å². The van der Waals surface area contributed by atoms with E-state index in [4.69, 9.17) is 9.47 Å². The summed E-state index contributed by atoms with van der Waals surface area (Å²) in [5, 5.41) is 4.19. The molecule has 2 heterocycles. The number of carbonyl (C=O) groups is 1. The molecule has 0 aliphatic carbocycles. The van der Waals surface area contributed by atoms with Gasteiger partial charge >= 0.3 is 5.97 Å². The van der Waals surface area contributed by atoms with Gasteiger partial charge in [-0.3, -0.25) is 0 Å². The summed E-state index contributed by atoms with van der Waals surface area (Å²) >= 11 is 0. The number of benzene rings is 4. The van der Waals surface area contributed by atoms with E-state index in [-0.39, 0.29) is 5.97 Å². The average molecular weight is 364 g/mol. The number of ether oxygens (including phenoxy) is 2. The van der Waals surface area contributed by atoms with Crippen molar-refractivity contribution in [2.75, 3.05) is 0 Å². The van der Waals surface area contributed by atoms with Crippen LogP contribution in [0.1, 0.15) is 18.1 Å². The maximum Gasteiger partial charge on any atom is 0.332 e. The second-order valence-electron chi connectivity index (χ2n) is 7.36. The largest absolute Gasteiger partial charge is 0.455 e. The van der Waals surface area contributed by atoms with E-state index < -0.39 is 5.60 Å². The van der Waals surface area contributed by atoms with Crippen molar-refractivity contribution >= 4 is 27.5 Å². The standard InChI is InChI=1S/C25H16O3/c1-15-14-22(26)28-25(15)20-12-10-16-6-2-4-8-18(16)23(20)27-24-19-9-5-3-7-17(19)11-13-21(24)25/h2-14H,1H3. The van der Waals surface area contributed by atoms with Crippen molar-refractivity contribution < 1.29 is 14.3 Å². The van der Waals surface area contributed by atoms with Crippen molar-refractivity contribution in [2.45, 2.75) is 12.5 Å². The molecule has 0 radical (unpaired) electrons. The van der Waals surface area contributed by atoms with Gasteiger partial charge in [0, 0.05) is 28.0 Å². The number of hydrogen-bond donors (Lipinski definition) is 0. The summed E-state index contributed by atoms with van der Waals surface area (Å²) in [4.78, 5) is 12.3. The molecule has 0 amide bonds. The molecule has 0 N–H and O–H groups in total. The lowest BCUT2D eigenvalue weighted by Crippen LogP contribution is -2.33. The van der Waals surface area contributed by atoms with Crippen molar-refractivity contribution in [1.29, 1.82) is 0 Å². The zero-order chi connectivity index (χ0) is 18.9. The molecule has 4 aromatic carbocycles. The Morgan fingerprint density at radius 2 is 1.25 bits per heavy atom. The first-order valence-electron chi connectivity index (χ1n) is 9.32. The minimum atomic E-state index is -0.950. The summed E-state index contributed by atoms with van der Waals surface area (Å²) in [6.07, 6.45) is 1.59. The average Bonchev–Trinajstić information content (AvgIpc) is 3.02. The van der Waals surface area contributed by atoms with Crippen LogP contribution in [0.5, 0.6) is 11.5 Å². The highest BCUT2D eigenvalue weighted by molar-refractivity contribution is 5.98. The summed E-state index contributed by atoms with van der Waals surface area (Å²) in [7, 11) is 0. The van der Waals surface area contributed by atoms with Crippen molar-refractivity contribution in [3.05, 3.63) is 95.6 Å². The lowest BCUT2D eigenvalue weighted by molar-refractivity contribution is -0.144. The van der Waals surface area contributed by atoms with Gasteiger partial charge in [0.05, 0.1) is 0 Å². The van der Waals surface area contributed by atoms with E-state index in [0.717, 1.165) is 49.7 Å². The third-order valence-corrected chi connectivity index (χ3v) is 5.87. The summed E-state index contributed by atoms with van der Waals surface area (Å²) in [5.74, 6) is 1.19. The lowest BCUT2D eigenvalue weighted by Gasteiger charge is -2.38. The molecule has 0 fully saturated rings. The predicted molar refractivity (Wildman–Crippen MR) is 109 cm³/mol. The van der Waals surface area contributed by atoms with Gasteiger partial charge in [0.15, 0.2) is 5.60 Å². The zero-order valence-electron chi connectivity index (χ0n) is 15.2. The summed E-state index contributed by atoms with van der Waals surface area (Å²) in [6.45, 7) is 1.95. The van der Waals surface area contributed by atoms with Crippen LogP contribution in [0.4, 0.5) is 0 Å². The smallest absolute Gasteiger partial charge is 0.332 e. The monoisotopic (exact) mass is 364 g/mol. The van der Waals surface area contributed by atoms with E-state index in [1.807, 2.05) is 55.5 Å². The van der Waals surface area contributed by atoms with Crippen LogP contribution in [0, 0.1) is 0 Å². The Balaban J connectivity index is 1.79. The number of esters is 1. The number of carbonyl (C=O) groups excluding carboxylic acids is 1. The third-order valence-electron chi connectivity index (χ3n) is 5.87. The number of hydrogen-bond acceptors (Lipinski definition) is 3. The molecule has 3 nitrogen and oxygen atoms in total. The molecule has 0 bridgehead atoms. The van der Waals surface area contributed by atoms with Crippen molar-refractivity contribution in [3.8, 4) is 11.5 Å². The van der Waals surface area contributed by atoms with E-state index in [0.29, 0.717) is 0 Å². The molecular formula is C25H16O3. The van der Waals surface area contributed by atoms with Crippen molar-refractivity contribution in [1.82, 2.24) is 0 Å². The summed E-state index contributed by atoms with van der Waals surface area (Å²) in [6, 6.07) is 24.4. The third kappa shape index (κ3) is 1.81. The molecule has 2 aliphatic heterocycles. The molecule has 0 saturated heterocycles. The highest BCUT2D eigenvalue weighted by atomic mass is 16.6. The van der Waals surface area contributed by atoms with Crippen molar-refractivity contribution in [2.24, 2.45) is 0 Å². The van der Waals surface area contributed by atoms with Crippen LogP contribution in [-0.4, -0.2) is 5.97 Å². The van der Waals surface area contributed by atoms with Gasteiger partial charge < -0.3 is 9.47 Å². The SMILES string of the molecule is CC1=CC(=O)OC12c1ccc3ccccc3c1Oc1c2ccc2ccccc12. The molecule has 134 valence electrons. The molecule has 2 aliphatic rings. The Morgan fingerprint density at radius 1 is 0.714 bits per heavy atom. The number of fused-ring (bicyclic) bond motifs is 8. The van der Waals surface area contributed by atoms with Gasteiger partial charge in [-0.2, -0.15) is 0 Å². The van der Waals surface area contributed by atoms with E-state index in [1.54, 1.807) is 6.08 Å². The normalized spacial score (nSPS) is 16.5. The maximum atomic E-state index is 12.3. The van der Waals surface area contributed by atoms with Crippen LogP contribution in [0.15, 0.2) is 84.4 Å². The van der Waals surface area contributed by atoms with Crippen LogP contribution in [0.3, 0.4) is 0 Å².